The summed E-state index contributed by atoms with van der Waals surface area (Å²) in [6, 6.07) is 4.49. The molecule has 0 atom stereocenters. The minimum atomic E-state index is -2.87. The lowest BCUT2D eigenvalue weighted by atomic mass is 10.2. The molecule has 4 nitrogen and oxygen atoms in total. The van der Waals surface area contributed by atoms with E-state index < -0.39 is 6.61 Å². The van der Waals surface area contributed by atoms with Crippen molar-refractivity contribution in [3.8, 4) is 5.75 Å². The predicted octanol–water partition coefficient (Wildman–Crippen LogP) is 2.63. The SMILES string of the molecule is CCNC(=NC)NCc1cc(Cl)ccc1OC(F)F. The third-order valence-corrected chi connectivity index (χ3v) is 2.49. The van der Waals surface area contributed by atoms with Crippen LogP contribution in [0.3, 0.4) is 0 Å². The Hall–Kier alpha value is -1.56. The maximum Gasteiger partial charge on any atom is 0.387 e. The van der Waals surface area contributed by atoms with Crippen molar-refractivity contribution >= 4 is 17.6 Å². The molecule has 0 fully saturated rings. The number of benzene rings is 1. The second kappa shape index (κ2) is 7.78. The number of halogens is 3. The van der Waals surface area contributed by atoms with Crippen LogP contribution in [-0.2, 0) is 6.54 Å². The van der Waals surface area contributed by atoms with Gasteiger partial charge in [-0.1, -0.05) is 11.6 Å². The number of guanidine groups is 1. The van der Waals surface area contributed by atoms with E-state index in [1.54, 1.807) is 13.1 Å². The molecular formula is C12H16ClF2N3O. The van der Waals surface area contributed by atoms with Crippen LogP contribution in [0.2, 0.25) is 5.02 Å². The molecule has 0 aliphatic rings. The molecular weight excluding hydrogens is 276 g/mol. The molecule has 1 aromatic rings. The molecule has 0 unspecified atom stereocenters. The molecule has 1 aromatic carbocycles. The van der Waals surface area contributed by atoms with Gasteiger partial charge in [0.15, 0.2) is 5.96 Å². The Bertz CT molecular complexity index is 441. The van der Waals surface area contributed by atoms with Crippen LogP contribution in [0, 0.1) is 0 Å². The maximum absolute atomic E-state index is 12.3. The zero-order valence-electron chi connectivity index (χ0n) is 10.7. The van der Waals surface area contributed by atoms with Crippen LogP contribution >= 0.6 is 11.6 Å². The third-order valence-electron chi connectivity index (χ3n) is 2.25. The van der Waals surface area contributed by atoms with Crippen molar-refractivity contribution in [1.82, 2.24) is 10.6 Å². The minimum Gasteiger partial charge on any atom is -0.434 e. The number of alkyl halides is 2. The van der Waals surface area contributed by atoms with E-state index in [1.807, 2.05) is 6.92 Å². The van der Waals surface area contributed by atoms with E-state index in [0.29, 0.717) is 23.1 Å². The van der Waals surface area contributed by atoms with Gasteiger partial charge in [0, 0.05) is 30.7 Å². The van der Waals surface area contributed by atoms with E-state index >= 15 is 0 Å². The fourth-order valence-electron chi connectivity index (χ4n) is 1.46. The number of nitrogens with one attached hydrogen (secondary N) is 2. The summed E-state index contributed by atoms with van der Waals surface area (Å²) in [4.78, 5) is 3.98. The van der Waals surface area contributed by atoms with Crippen molar-refractivity contribution in [2.24, 2.45) is 4.99 Å². The molecule has 0 aromatic heterocycles. The first kappa shape index (κ1) is 15.5. The van der Waals surface area contributed by atoms with Crippen molar-refractivity contribution in [2.45, 2.75) is 20.1 Å². The smallest absolute Gasteiger partial charge is 0.387 e. The van der Waals surface area contributed by atoms with Gasteiger partial charge in [-0.15, -0.1) is 0 Å². The monoisotopic (exact) mass is 291 g/mol. The molecule has 0 saturated heterocycles. The lowest BCUT2D eigenvalue weighted by molar-refractivity contribution is -0.0504. The second-order valence-corrected chi connectivity index (χ2v) is 4.02. The molecule has 0 aliphatic carbocycles. The minimum absolute atomic E-state index is 0.0962. The Morgan fingerprint density at radius 2 is 2.16 bits per heavy atom. The highest BCUT2D eigenvalue weighted by atomic mass is 35.5. The average molecular weight is 292 g/mol. The van der Waals surface area contributed by atoms with Crippen LogP contribution in [0.1, 0.15) is 12.5 Å². The van der Waals surface area contributed by atoms with Gasteiger partial charge in [0.05, 0.1) is 0 Å². The highest BCUT2D eigenvalue weighted by molar-refractivity contribution is 6.30. The molecule has 106 valence electrons. The largest absolute Gasteiger partial charge is 0.434 e. The molecule has 0 radical (unpaired) electrons. The Kier molecular flexibility index (Phi) is 6.35. The van der Waals surface area contributed by atoms with E-state index in [1.165, 1.54) is 12.1 Å². The summed E-state index contributed by atoms with van der Waals surface area (Å²) < 4.78 is 29.0. The van der Waals surface area contributed by atoms with E-state index in [-0.39, 0.29) is 12.3 Å². The van der Waals surface area contributed by atoms with Gasteiger partial charge in [-0.05, 0) is 25.1 Å². The van der Waals surface area contributed by atoms with Gasteiger partial charge in [0.25, 0.3) is 0 Å². The van der Waals surface area contributed by atoms with Gasteiger partial charge in [-0.3, -0.25) is 4.99 Å². The summed E-state index contributed by atoms with van der Waals surface area (Å²) in [5, 5.41) is 6.43. The first-order chi connectivity index (χ1) is 9.06. The summed E-state index contributed by atoms with van der Waals surface area (Å²) in [6.07, 6.45) is 0. The molecule has 19 heavy (non-hydrogen) atoms. The molecule has 7 heteroatoms. The summed E-state index contributed by atoms with van der Waals surface area (Å²) >= 11 is 5.85. The van der Waals surface area contributed by atoms with E-state index in [9.17, 15) is 8.78 Å². The van der Waals surface area contributed by atoms with Crippen molar-refractivity contribution < 1.29 is 13.5 Å². The van der Waals surface area contributed by atoms with Crippen LogP contribution in [0.5, 0.6) is 5.75 Å². The number of nitrogens with zero attached hydrogens (tertiary/aromatic N) is 1. The van der Waals surface area contributed by atoms with Crippen LogP contribution in [0.4, 0.5) is 8.78 Å². The van der Waals surface area contributed by atoms with Gasteiger partial charge in [-0.25, -0.2) is 0 Å². The van der Waals surface area contributed by atoms with Crippen LogP contribution in [0.25, 0.3) is 0 Å². The van der Waals surface area contributed by atoms with Crippen molar-refractivity contribution in [2.75, 3.05) is 13.6 Å². The molecule has 0 spiro atoms. The zero-order valence-corrected chi connectivity index (χ0v) is 11.5. The molecule has 0 aliphatic heterocycles. The Morgan fingerprint density at radius 3 is 2.74 bits per heavy atom. The first-order valence-electron chi connectivity index (χ1n) is 5.74. The van der Waals surface area contributed by atoms with Gasteiger partial charge in [-0.2, -0.15) is 8.78 Å². The lowest BCUT2D eigenvalue weighted by Gasteiger charge is -2.14. The molecule has 0 saturated carbocycles. The van der Waals surface area contributed by atoms with Crippen molar-refractivity contribution in [1.29, 1.82) is 0 Å². The van der Waals surface area contributed by atoms with E-state index in [0.717, 1.165) is 0 Å². The number of ether oxygens (including phenoxy) is 1. The molecule has 2 N–H and O–H groups in total. The van der Waals surface area contributed by atoms with Crippen LogP contribution < -0.4 is 15.4 Å². The average Bonchev–Trinajstić information content (AvgIpc) is 2.36. The topological polar surface area (TPSA) is 45.7 Å². The third kappa shape index (κ3) is 5.30. The molecule has 0 bridgehead atoms. The second-order valence-electron chi connectivity index (χ2n) is 3.59. The summed E-state index contributed by atoms with van der Waals surface area (Å²) in [7, 11) is 1.62. The van der Waals surface area contributed by atoms with Gasteiger partial charge in [0.1, 0.15) is 5.75 Å². The number of aliphatic imine (C=N–C) groups is 1. The standard InChI is InChI=1S/C12H16ClF2N3O/c1-3-17-12(16-2)18-7-8-6-9(13)4-5-10(8)19-11(14)15/h4-6,11H,3,7H2,1-2H3,(H2,16,17,18). The maximum atomic E-state index is 12.3. The zero-order chi connectivity index (χ0) is 14.3. The number of hydrogen-bond donors (Lipinski definition) is 2. The van der Waals surface area contributed by atoms with Gasteiger partial charge >= 0.3 is 6.61 Å². The van der Waals surface area contributed by atoms with Crippen LogP contribution in [-0.4, -0.2) is 26.2 Å². The lowest BCUT2D eigenvalue weighted by Crippen LogP contribution is -2.36. The normalized spacial score (nSPS) is 11.6. The molecule has 0 amide bonds. The number of rotatable bonds is 5. The van der Waals surface area contributed by atoms with E-state index in [2.05, 4.69) is 20.4 Å². The summed E-state index contributed by atoms with van der Waals surface area (Å²) in [6.45, 7) is 0.0446. The summed E-state index contributed by atoms with van der Waals surface area (Å²) in [5.74, 6) is 0.671. The van der Waals surface area contributed by atoms with Crippen LogP contribution in [0.15, 0.2) is 23.2 Å². The molecule has 0 heterocycles. The first-order valence-corrected chi connectivity index (χ1v) is 6.12. The Labute approximate surface area is 115 Å². The summed E-state index contributed by atoms with van der Waals surface area (Å²) in [5.41, 5.74) is 0.534. The quantitative estimate of drug-likeness (QED) is 0.647. The van der Waals surface area contributed by atoms with Gasteiger partial charge in [0.2, 0.25) is 0 Å². The molecule has 1 rings (SSSR count). The highest BCUT2D eigenvalue weighted by Crippen LogP contribution is 2.24. The predicted molar refractivity (Wildman–Crippen MR) is 72.0 cm³/mol. The Balaban J connectivity index is 2.77. The van der Waals surface area contributed by atoms with E-state index in [4.69, 9.17) is 11.6 Å². The fraction of sp³-hybridized carbons (Fsp3) is 0.417. The van der Waals surface area contributed by atoms with Crippen molar-refractivity contribution in [3.63, 3.8) is 0 Å². The fourth-order valence-corrected chi connectivity index (χ4v) is 1.66. The highest BCUT2D eigenvalue weighted by Gasteiger charge is 2.10. The number of hydrogen-bond acceptors (Lipinski definition) is 2. The van der Waals surface area contributed by atoms with Crippen molar-refractivity contribution in [3.05, 3.63) is 28.8 Å². The van der Waals surface area contributed by atoms with Gasteiger partial charge < -0.3 is 15.4 Å². The Morgan fingerprint density at radius 1 is 1.42 bits per heavy atom.